The number of methoxy groups -OCH3 is 2. The first-order chi connectivity index (χ1) is 14.7. The largest absolute Gasteiger partial charge is 0.497 e. The Bertz CT molecular complexity index is 612. The number of halogens is 1. The van der Waals surface area contributed by atoms with Crippen molar-refractivity contribution in [2.75, 3.05) is 87.4 Å². The van der Waals surface area contributed by atoms with E-state index < -0.39 is 0 Å². The van der Waals surface area contributed by atoms with Gasteiger partial charge in [0.25, 0.3) is 0 Å². The van der Waals surface area contributed by atoms with Gasteiger partial charge in [-0.05, 0) is 31.2 Å². The summed E-state index contributed by atoms with van der Waals surface area (Å²) >= 11 is 0. The van der Waals surface area contributed by atoms with E-state index in [0.29, 0.717) is 0 Å². The van der Waals surface area contributed by atoms with Gasteiger partial charge in [0.05, 0.1) is 26.4 Å². The second-order valence-electron chi connectivity index (χ2n) is 7.47. The maximum absolute atomic E-state index is 5.55. The Morgan fingerprint density at radius 3 is 2.48 bits per heavy atom. The van der Waals surface area contributed by atoms with Crippen LogP contribution in [0.15, 0.2) is 29.3 Å². The zero-order chi connectivity index (χ0) is 21.6. The number of rotatable bonds is 12. The lowest BCUT2D eigenvalue weighted by atomic mass is 10.0. The van der Waals surface area contributed by atoms with Crippen LogP contribution in [0.1, 0.15) is 18.0 Å². The Kier molecular flexibility index (Phi) is 14.8. The highest BCUT2D eigenvalue weighted by Gasteiger charge is 2.23. The summed E-state index contributed by atoms with van der Waals surface area (Å²) in [5, 5.41) is 6.93. The van der Waals surface area contributed by atoms with E-state index in [1.54, 1.807) is 14.2 Å². The third kappa shape index (κ3) is 10.3. The minimum atomic E-state index is 0. The van der Waals surface area contributed by atoms with Gasteiger partial charge in [-0.3, -0.25) is 9.89 Å². The molecule has 0 aliphatic carbocycles. The van der Waals surface area contributed by atoms with Crippen molar-refractivity contribution in [2.45, 2.75) is 12.5 Å². The molecule has 2 N–H and O–H groups in total. The molecule has 0 spiro atoms. The van der Waals surface area contributed by atoms with Crippen LogP contribution >= 0.6 is 24.0 Å². The van der Waals surface area contributed by atoms with E-state index in [-0.39, 0.29) is 30.0 Å². The SMILES string of the molecule is CN=C(NCCN(C)CCCOC)NCC(c1ccc(OC)cc1)N1CCOCC1.I. The molecule has 0 amide bonds. The van der Waals surface area contributed by atoms with E-state index in [2.05, 4.69) is 44.6 Å². The summed E-state index contributed by atoms with van der Waals surface area (Å²) in [5.74, 6) is 1.70. The number of nitrogens with one attached hydrogen (secondary N) is 2. The molecule has 2 rings (SSSR count). The fraction of sp³-hybridized carbons (Fsp3) is 0.682. The van der Waals surface area contributed by atoms with E-state index in [0.717, 1.165) is 77.2 Å². The Balaban J connectivity index is 0.00000480. The molecule has 1 atom stereocenters. The first-order valence-corrected chi connectivity index (χ1v) is 10.8. The van der Waals surface area contributed by atoms with Crippen molar-refractivity contribution in [1.29, 1.82) is 0 Å². The minimum absolute atomic E-state index is 0. The highest BCUT2D eigenvalue weighted by Crippen LogP contribution is 2.23. The number of nitrogens with zero attached hydrogens (tertiary/aromatic N) is 3. The lowest BCUT2D eigenvalue weighted by Gasteiger charge is -2.35. The molecular formula is C22H40IN5O3. The number of benzene rings is 1. The zero-order valence-corrected chi connectivity index (χ0v) is 21.8. The summed E-state index contributed by atoms with van der Waals surface area (Å²) in [7, 11) is 7.38. The molecule has 9 heteroatoms. The molecule has 1 aromatic carbocycles. The van der Waals surface area contributed by atoms with Crippen molar-refractivity contribution in [3.63, 3.8) is 0 Å². The van der Waals surface area contributed by atoms with Gasteiger partial charge in [0.1, 0.15) is 5.75 Å². The Morgan fingerprint density at radius 1 is 1.16 bits per heavy atom. The average molecular weight is 549 g/mol. The van der Waals surface area contributed by atoms with Gasteiger partial charge in [-0.2, -0.15) is 0 Å². The zero-order valence-electron chi connectivity index (χ0n) is 19.4. The van der Waals surface area contributed by atoms with E-state index in [1.165, 1.54) is 5.56 Å². The van der Waals surface area contributed by atoms with Crippen LogP contribution in [0.3, 0.4) is 0 Å². The van der Waals surface area contributed by atoms with Crippen LogP contribution in [0.25, 0.3) is 0 Å². The van der Waals surface area contributed by atoms with Crippen molar-refractivity contribution < 1.29 is 14.2 Å². The van der Waals surface area contributed by atoms with Gasteiger partial charge in [0, 0.05) is 60.0 Å². The summed E-state index contributed by atoms with van der Waals surface area (Å²) < 4.78 is 16.0. The normalized spacial score (nSPS) is 16.0. The molecular weight excluding hydrogens is 509 g/mol. The van der Waals surface area contributed by atoms with Gasteiger partial charge in [-0.25, -0.2) is 0 Å². The number of hydrogen-bond donors (Lipinski definition) is 2. The predicted octanol–water partition coefficient (Wildman–Crippen LogP) is 1.82. The van der Waals surface area contributed by atoms with Gasteiger partial charge in [-0.15, -0.1) is 24.0 Å². The molecule has 1 heterocycles. The summed E-state index contributed by atoms with van der Waals surface area (Å²) in [6, 6.07) is 8.58. The Morgan fingerprint density at radius 2 is 1.87 bits per heavy atom. The summed E-state index contributed by atoms with van der Waals surface area (Å²) in [5.41, 5.74) is 1.26. The molecule has 1 aliphatic rings. The van der Waals surface area contributed by atoms with Crippen molar-refractivity contribution in [3.8, 4) is 5.75 Å². The van der Waals surface area contributed by atoms with Crippen LogP contribution in [-0.4, -0.2) is 103 Å². The molecule has 31 heavy (non-hydrogen) atoms. The van der Waals surface area contributed by atoms with Crippen LogP contribution in [0.4, 0.5) is 0 Å². The van der Waals surface area contributed by atoms with Crippen LogP contribution in [0.5, 0.6) is 5.75 Å². The molecule has 0 aromatic heterocycles. The number of likely N-dealkylation sites (N-methyl/N-ethyl adjacent to an activating group) is 1. The van der Waals surface area contributed by atoms with Gasteiger partial charge in [0.2, 0.25) is 0 Å². The van der Waals surface area contributed by atoms with E-state index in [9.17, 15) is 0 Å². The second kappa shape index (κ2) is 16.5. The molecule has 1 saturated heterocycles. The van der Waals surface area contributed by atoms with Gasteiger partial charge >= 0.3 is 0 Å². The molecule has 1 fully saturated rings. The first kappa shape index (κ1) is 27.9. The van der Waals surface area contributed by atoms with Crippen molar-refractivity contribution in [1.82, 2.24) is 20.4 Å². The molecule has 1 aliphatic heterocycles. The van der Waals surface area contributed by atoms with Crippen LogP contribution < -0.4 is 15.4 Å². The van der Waals surface area contributed by atoms with Crippen LogP contribution in [0, 0.1) is 0 Å². The fourth-order valence-corrected chi connectivity index (χ4v) is 3.54. The van der Waals surface area contributed by atoms with Crippen molar-refractivity contribution in [3.05, 3.63) is 29.8 Å². The summed E-state index contributed by atoms with van der Waals surface area (Å²) in [6.07, 6.45) is 1.04. The maximum Gasteiger partial charge on any atom is 0.191 e. The van der Waals surface area contributed by atoms with Crippen LogP contribution in [-0.2, 0) is 9.47 Å². The number of ether oxygens (including phenoxy) is 3. The van der Waals surface area contributed by atoms with Crippen molar-refractivity contribution >= 4 is 29.9 Å². The number of aliphatic imine (C=N–C) groups is 1. The monoisotopic (exact) mass is 549 g/mol. The van der Waals surface area contributed by atoms with E-state index in [4.69, 9.17) is 14.2 Å². The predicted molar refractivity (Wildman–Crippen MR) is 137 cm³/mol. The Labute approximate surface area is 204 Å². The Hall–Kier alpha value is -1.14. The summed E-state index contributed by atoms with van der Waals surface area (Å²) in [6.45, 7) is 7.80. The lowest BCUT2D eigenvalue weighted by molar-refractivity contribution is 0.0170. The second-order valence-corrected chi connectivity index (χ2v) is 7.47. The molecule has 0 bridgehead atoms. The van der Waals surface area contributed by atoms with E-state index >= 15 is 0 Å². The number of hydrogen-bond acceptors (Lipinski definition) is 6. The minimum Gasteiger partial charge on any atom is -0.497 e. The van der Waals surface area contributed by atoms with Gasteiger partial charge in [0.15, 0.2) is 5.96 Å². The standard InChI is InChI=1S/C22H39N5O3.HI/c1-23-22(24-10-12-26(2)11-5-15-28-3)25-18-21(27-13-16-30-17-14-27)19-6-8-20(29-4)9-7-19;/h6-9,21H,5,10-18H2,1-4H3,(H2,23,24,25);1H. The third-order valence-corrected chi connectivity index (χ3v) is 5.35. The highest BCUT2D eigenvalue weighted by molar-refractivity contribution is 14.0. The smallest absolute Gasteiger partial charge is 0.191 e. The fourth-order valence-electron chi connectivity index (χ4n) is 3.54. The maximum atomic E-state index is 5.55. The molecule has 1 aromatic rings. The third-order valence-electron chi connectivity index (χ3n) is 5.35. The van der Waals surface area contributed by atoms with Crippen LogP contribution in [0.2, 0.25) is 0 Å². The summed E-state index contributed by atoms with van der Waals surface area (Å²) in [4.78, 5) is 9.16. The highest BCUT2D eigenvalue weighted by atomic mass is 127. The quantitative estimate of drug-likeness (QED) is 0.179. The molecule has 1 unspecified atom stereocenters. The molecule has 0 saturated carbocycles. The van der Waals surface area contributed by atoms with Crippen molar-refractivity contribution in [2.24, 2.45) is 4.99 Å². The molecule has 0 radical (unpaired) electrons. The number of guanidine groups is 1. The van der Waals surface area contributed by atoms with Gasteiger partial charge in [-0.1, -0.05) is 12.1 Å². The van der Waals surface area contributed by atoms with Gasteiger partial charge < -0.3 is 29.7 Å². The average Bonchev–Trinajstić information content (AvgIpc) is 2.79. The lowest BCUT2D eigenvalue weighted by Crippen LogP contribution is -2.47. The topological polar surface area (TPSA) is 70.6 Å². The molecule has 8 nitrogen and oxygen atoms in total. The number of morpholine rings is 1. The van der Waals surface area contributed by atoms with E-state index in [1.807, 2.05) is 19.2 Å². The first-order valence-electron chi connectivity index (χ1n) is 10.8. The molecule has 178 valence electrons.